The fourth-order valence-electron chi connectivity index (χ4n) is 4.45. The van der Waals surface area contributed by atoms with Crippen molar-refractivity contribution >= 4 is 23.0 Å². The molecule has 0 saturated carbocycles. The third kappa shape index (κ3) is 4.72. The molecule has 1 atom stereocenters. The van der Waals surface area contributed by atoms with Crippen LogP contribution >= 0.6 is 0 Å². The molecule has 1 aromatic heterocycles. The number of carbonyl (C=O) groups excluding carboxylic acids is 2. The van der Waals surface area contributed by atoms with Gasteiger partial charge in [0.25, 0.3) is 5.91 Å². The number of imidazole rings is 1. The highest BCUT2D eigenvalue weighted by Crippen LogP contribution is 2.24. The number of likely N-dealkylation sites (N-methyl/N-ethyl adjacent to an activating group) is 1. The zero-order chi connectivity index (χ0) is 23.8. The molecule has 1 aliphatic heterocycles. The van der Waals surface area contributed by atoms with Crippen LogP contribution < -0.4 is 0 Å². The molecular formula is C26H32N4O3. The highest BCUT2D eigenvalue weighted by molar-refractivity contribution is 5.94. The summed E-state index contributed by atoms with van der Waals surface area (Å²) in [5.74, 6) is 0.881. The molecule has 2 aromatic carbocycles. The Kier molecular flexibility index (Phi) is 6.15. The molecule has 0 N–H and O–H groups in total. The Morgan fingerprint density at radius 2 is 1.82 bits per heavy atom. The average Bonchev–Trinajstić information content (AvgIpc) is 3.37. The van der Waals surface area contributed by atoms with Crippen molar-refractivity contribution in [2.75, 3.05) is 19.6 Å². The molecule has 174 valence electrons. The number of hydrogen-bond acceptors (Lipinski definition) is 4. The number of carbonyl (C=O) groups is 2. The number of fused-ring (bicyclic) bond motifs is 1. The van der Waals surface area contributed by atoms with Crippen molar-refractivity contribution in [2.24, 2.45) is 0 Å². The lowest BCUT2D eigenvalue weighted by Gasteiger charge is -2.29. The van der Waals surface area contributed by atoms with Gasteiger partial charge in [0, 0.05) is 30.9 Å². The number of amides is 2. The van der Waals surface area contributed by atoms with Crippen LogP contribution in [-0.4, -0.2) is 62.6 Å². The van der Waals surface area contributed by atoms with Crippen LogP contribution in [0.15, 0.2) is 48.5 Å². The third-order valence-electron chi connectivity index (χ3n) is 5.96. The Labute approximate surface area is 195 Å². The van der Waals surface area contributed by atoms with E-state index in [0.717, 1.165) is 29.0 Å². The van der Waals surface area contributed by atoms with Gasteiger partial charge in [0.15, 0.2) is 0 Å². The van der Waals surface area contributed by atoms with Crippen molar-refractivity contribution < 1.29 is 14.3 Å². The summed E-state index contributed by atoms with van der Waals surface area (Å²) in [6.07, 6.45) is 0.428. The van der Waals surface area contributed by atoms with Gasteiger partial charge < -0.3 is 14.5 Å². The van der Waals surface area contributed by atoms with E-state index < -0.39 is 5.60 Å². The molecule has 0 spiro atoms. The number of nitrogens with zero attached hydrogens (tertiary/aromatic N) is 4. The van der Waals surface area contributed by atoms with E-state index in [1.54, 1.807) is 4.90 Å². The number of aromatic nitrogens is 2. The second kappa shape index (κ2) is 8.89. The molecule has 2 heterocycles. The van der Waals surface area contributed by atoms with Crippen molar-refractivity contribution in [3.05, 3.63) is 59.9 Å². The SMILES string of the molecule is CCN(C(=O)c1ccc(-n2c(C)nc3ccccc32)cc1)C1CCN(C(=O)OC(C)(C)C)C1. The summed E-state index contributed by atoms with van der Waals surface area (Å²) >= 11 is 0. The molecule has 0 aliphatic carbocycles. The van der Waals surface area contributed by atoms with Crippen molar-refractivity contribution in [1.29, 1.82) is 0 Å². The number of likely N-dealkylation sites (tertiary alicyclic amines) is 1. The molecule has 3 aromatic rings. The highest BCUT2D eigenvalue weighted by Gasteiger charge is 2.34. The van der Waals surface area contributed by atoms with E-state index in [1.807, 2.05) is 88.0 Å². The Morgan fingerprint density at radius 1 is 1.12 bits per heavy atom. The van der Waals surface area contributed by atoms with Crippen LogP contribution in [0.25, 0.3) is 16.7 Å². The van der Waals surface area contributed by atoms with E-state index >= 15 is 0 Å². The Morgan fingerprint density at radius 3 is 2.48 bits per heavy atom. The first-order valence-electron chi connectivity index (χ1n) is 11.5. The maximum atomic E-state index is 13.3. The van der Waals surface area contributed by atoms with Gasteiger partial charge in [-0.2, -0.15) is 0 Å². The van der Waals surface area contributed by atoms with Crippen molar-refractivity contribution in [2.45, 2.75) is 52.7 Å². The zero-order valence-electron chi connectivity index (χ0n) is 20.0. The number of ether oxygens (including phenoxy) is 1. The predicted octanol–water partition coefficient (Wildman–Crippen LogP) is 4.81. The fraction of sp³-hybridized carbons (Fsp3) is 0.423. The maximum absolute atomic E-state index is 13.3. The Hall–Kier alpha value is -3.35. The minimum atomic E-state index is -0.532. The summed E-state index contributed by atoms with van der Waals surface area (Å²) < 4.78 is 7.59. The summed E-state index contributed by atoms with van der Waals surface area (Å²) in [5, 5.41) is 0. The van der Waals surface area contributed by atoms with Crippen LogP contribution in [0.2, 0.25) is 0 Å². The van der Waals surface area contributed by atoms with E-state index in [4.69, 9.17) is 4.74 Å². The molecule has 2 amide bonds. The van der Waals surface area contributed by atoms with Gasteiger partial charge in [0.2, 0.25) is 0 Å². The smallest absolute Gasteiger partial charge is 0.410 e. The summed E-state index contributed by atoms with van der Waals surface area (Å²) in [7, 11) is 0. The fourth-order valence-corrected chi connectivity index (χ4v) is 4.45. The van der Waals surface area contributed by atoms with E-state index in [0.29, 0.717) is 25.2 Å². The van der Waals surface area contributed by atoms with Crippen LogP contribution in [0.3, 0.4) is 0 Å². The van der Waals surface area contributed by atoms with E-state index in [1.165, 1.54) is 0 Å². The number of hydrogen-bond donors (Lipinski definition) is 0. The standard InChI is InChI=1S/C26H32N4O3/c1-6-29(21-15-16-28(17-21)25(32)33-26(3,4)5)24(31)19-11-13-20(14-12-19)30-18(2)27-22-9-7-8-10-23(22)30/h7-14,21H,6,15-17H2,1-5H3. The topological polar surface area (TPSA) is 67.7 Å². The molecule has 0 radical (unpaired) electrons. The van der Waals surface area contributed by atoms with Gasteiger partial charge in [-0.15, -0.1) is 0 Å². The summed E-state index contributed by atoms with van der Waals surface area (Å²) in [6, 6.07) is 15.7. The number of rotatable bonds is 4. The van der Waals surface area contributed by atoms with Gasteiger partial charge in [-0.25, -0.2) is 9.78 Å². The number of benzene rings is 2. The second-order valence-corrected chi connectivity index (χ2v) is 9.49. The van der Waals surface area contributed by atoms with Gasteiger partial charge >= 0.3 is 6.09 Å². The second-order valence-electron chi connectivity index (χ2n) is 9.49. The minimum absolute atomic E-state index is 0.0190. The first-order valence-corrected chi connectivity index (χ1v) is 11.5. The van der Waals surface area contributed by atoms with Crippen LogP contribution in [0.1, 0.15) is 50.3 Å². The molecule has 1 saturated heterocycles. The van der Waals surface area contributed by atoms with Crippen molar-refractivity contribution in [3.8, 4) is 5.69 Å². The Balaban J connectivity index is 1.49. The number of aryl methyl sites for hydroxylation is 1. The first-order chi connectivity index (χ1) is 15.7. The molecule has 1 fully saturated rings. The van der Waals surface area contributed by atoms with Gasteiger partial charge in [-0.05, 0) is 77.4 Å². The number of para-hydroxylation sites is 2. The largest absolute Gasteiger partial charge is 0.444 e. The molecular weight excluding hydrogens is 416 g/mol. The summed E-state index contributed by atoms with van der Waals surface area (Å²) in [6.45, 7) is 11.2. The lowest BCUT2D eigenvalue weighted by atomic mass is 10.1. The van der Waals surface area contributed by atoms with Gasteiger partial charge in [0.1, 0.15) is 11.4 Å². The van der Waals surface area contributed by atoms with Crippen LogP contribution in [-0.2, 0) is 4.74 Å². The van der Waals surface area contributed by atoms with Gasteiger partial charge in [-0.1, -0.05) is 12.1 Å². The minimum Gasteiger partial charge on any atom is -0.444 e. The molecule has 7 nitrogen and oxygen atoms in total. The van der Waals surface area contributed by atoms with Crippen LogP contribution in [0.5, 0.6) is 0 Å². The summed E-state index contributed by atoms with van der Waals surface area (Å²) in [4.78, 5) is 33.9. The van der Waals surface area contributed by atoms with Crippen LogP contribution in [0, 0.1) is 6.92 Å². The normalized spacial score (nSPS) is 16.3. The van der Waals surface area contributed by atoms with Crippen LogP contribution in [0.4, 0.5) is 4.79 Å². The highest BCUT2D eigenvalue weighted by atomic mass is 16.6. The molecule has 0 bridgehead atoms. The molecule has 33 heavy (non-hydrogen) atoms. The van der Waals surface area contributed by atoms with Gasteiger partial charge in [0.05, 0.1) is 17.1 Å². The molecule has 7 heteroatoms. The third-order valence-corrected chi connectivity index (χ3v) is 5.96. The van der Waals surface area contributed by atoms with Crippen molar-refractivity contribution in [1.82, 2.24) is 19.4 Å². The molecule has 1 aliphatic rings. The molecule has 4 rings (SSSR count). The van der Waals surface area contributed by atoms with E-state index in [9.17, 15) is 9.59 Å². The first kappa shape index (κ1) is 22.8. The van der Waals surface area contributed by atoms with Crippen molar-refractivity contribution in [3.63, 3.8) is 0 Å². The Bertz CT molecular complexity index is 1160. The lowest BCUT2D eigenvalue weighted by molar-refractivity contribution is 0.0276. The maximum Gasteiger partial charge on any atom is 0.410 e. The van der Waals surface area contributed by atoms with Gasteiger partial charge in [-0.3, -0.25) is 9.36 Å². The summed E-state index contributed by atoms with van der Waals surface area (Å²) in [5.41, 5.74) is 3.06. The monoisotopic (exact) mass is 448 g/mol. The zero-order valence-corrected chi connectivity index (χ0v) is 20.0. The van der Waals surface area contributed by atoms with E-state index in [-0.39, 0.29) is 18.0 Å². The predicted molar refractivity (Wildman–Crippen MR) is 129 cm³/mol. The molecule has 1 unspecified atom stereocenters. The average molecular weight is 449 g/mol. The van der Waals surface area contributed by atoms with E-state index in [2.05, 4.69) is 9.55 Å². The lowest BCUT2D eigenvalue weighted by Crippen LogP contribution is -2.43. The quantitative estimate of drug-likeness (QED) is 0.575.